The summed E-state index contributed by atoms with van der Waals surface area (Å²) in [5.74, 6) is -1.26. The number of ether oxygens (including phenoxy) is 1. The van der Waals surface area contributed by atoms with Crippen molar-refractivity contribution in [2.45, 2.75) is 20.4 Å². The highest BCUT2D eigenvalue weighted by atomic mass is 32.1. The Balaban J connectivity index is 1.90. The summed E-state index contributed by atoms with van der Waals surface area (Å²) in [4.78, 5) is 27.2. The van der Waals surface area contributed by atoms with E-state index in [0.29, 0.717) is 11.1 Å². The molecule has 0 N–H and O–H groups in total. The molecule has 0 aliphatic carbocycles. The second kappa shape index (κ2) is 7.37. The molecule has 0 saturated heterocycles. The Morgan fingerprint density at radius 1 is 1.26 bits per heavy atom. The maximum atomic E-state index is 13.6. The van der Waals surface area contributed by atoms with Crippen LogP contribution in [0.15, 0.2) is 30.3 Å². The number of amides is 1. The zero-order valence-corrected chi connectivity index (χ0v) is 14.1. The Morgan fingerprint density at radius 2 is 1.96 bits per heavy atom. The van der Waals surface area contributed by atoms with Crippen LogP contribution in [-0.4, -0.2) is 30.4 Å². The van der Waals surface area contributed by atoms with Gasteiger partial charge < -0.3 is 9.64 Å². The molecule has 2 rings (SSSR count). The van der Waals surface area contributed by atoms with Gasteiger partial charge in [0.05, 0.1) is 5.56 Å². The van der Waals surface area contributed by atoms with Gasteiger partial charge in [-0.3, -0.25) is 4.79 Å². The number of thiophene rings is 1. The highest BCUT2D eigenvalue weighted by Crippen LogP contribution is 2.21. The minimum atomic E-state index is -0.514. The number of esters is 1. The molecule has 0 bridgehead atoms. The van der Waals surface area contributed by atoms with Crippen LogP contribution in [0.3, 0.4) is 0 Å². The molecule has 2 aromatic rings. The third kappa shape index (κ3) is 4.39. The average Bonchev–Trinajstić information content (AvgIpc) is 2.85. The minimum absolute atomic E-state index is 0.125. The van der Waals surface area contributed by atoms with Crippen LogP contribution in [0.25, 0.3) is 0 Å². The highest BCUT2D eigenvalue weighted by Gasteiger charge is 2.17. The predicted molar refractivity (Wildman–Crippen MR) is 86.9 cm³/mol. The SMILES string of the molecule is Cc1cc(C(=O)OCC(=O)N(C)Cc2ccccc2F)c(C)s1. The summed E-state index contributed by atoms with van der Waals surface area (Å²) in [6.45, 7) is 3.50. The molecule has 0 radical (unpaired) electrons. The molecule has 1 aromatic heterocycles. The number of rotatable bonds is 5. The first-order valence-corrected chi connectivity index (χ1v) is 7.91. The highest BCUT2D eigenvalue weighted by molar-refractivity contribution is 7.12. The minimum Gasteiger partial charge on any atom is -0.452 e. The number of nitrogens with zero attached hydrogens (tertiary/aromatic N) is 1. The summed E-state index contributed by atoms with van der Waals surface area (Å²) < 4.78 is 18.6. The first-order valence-electron chi connectivity index (χ1n) is 7.10. The molecule has 1 aromatic carbocycles. The standard InChI is InChI=1S/C17H18FNO3S/c1-11-8-14(12(2)23-11)17(21)22-10-16(20)19(3)9-13-6-4-5-7-15(13)18/h4-8H,9-10H2,1-3H3. The van der Waals surface area contributed by atoms with Crippen LogP contribution in [0.5, 0.6) is 0 Å². The van der Waals surface area contributed by atoms with Crippen molar-refractivity contribution in [2.24, 2.45) is 0 Å². The monoisotopic (exact) mass is 335 g/mol. The van der Waals surface area contributed by atoms with Crippen LogP contribution in [0.1, 0.15) is 25.7 Å². The molecule has 0 saturated carbocycles. The fraction of sp³-hybridized carbons (Fsp3) is 0.294. The van der Waals surface area contributed by atoms with Gasteiger partial charge in [0.25, 0.3) is 5.91 Å². The molecule has 0 spiro atoms. The Bertz CT molecular complexity index is 726. The van der Waals surface area contributed by atoms with Gasteiger partial charge in [0.2, 0.25) is 0 Å². The van der Waals surface area contributed by atoms with Gasteiger partial charge in [-0.15, -0.1) is 11.3 Å². The average molecular weight is 335 g/mol. The quantitative estimate of drug-likeness (QED) is 0.788. The number of carbonyl (C=O) groups excluding carboxylic acids is 2. The lowest BCUT2D eigenvalue weighted by Gasteiger charge is -2.17. The third-order valence-electron chi connectivity index (χ3n) is 3.38. The number of aryl methyl sites for hydroxylation is 2. The lowest BCUT2D eigenvalue weighted by atomic mass is 10.2. The Labute approximate surface area is 138 Å². The van der Waals surface area contributed by atoms with Crippen LogP contribution in [0, 0.1) is 19.7 Å². The number of hydrogen-bond acceptors (Lipinski definition) is 4. The van der Waals surface area contributed by atoms with E-state index in [9.17, 15) is 14.0 Å². The maximum Gasteiger partial charge on any atom is 0.339 e. The van der Waals surface area contributed by atoms with E-state index < -0.39 is 5.97 Å². The Hall–Kier alpha value is -2.21. The third-order valence-corrected chi connectivity index (χ3v) is 4.34. The fourth-order valence-electron chi connectivity index (χ4n) is 2.12. The lowest BCUT2D eigenvalue weighted by Crippen LogP contribution is -2.31. The Morgan fingerprint density at radius 3 is 2.57 bits per heavy atom. The molecular formula is C17H18FNO3S. The molecular weight excluding hydrogens is 317 g/mol. The summed E-state index contributed by atoms with van der Waals surface area (Å²) in [6, 6.07) is 8.00. The molecule has 122 valence electrons. The molecule has 23 heavy (non-hydrogen) atoms. The molecule has 0 fully saturated rings. The van der Waals surface area contributed by atoms with Crippen LogP contribution in [0.2, 0.25) is 0 Å². The van der Waals surface area contributed by atoms with E-state index >= 15 is 0 Å². The van der Waals surface area contributed by atoms with E-state index in [4.69, 9.17) is 4.74 Å². The van der Waals surface area contributed by atoms with Gasteiger partial charge in [0, 0.05) is 28.9 Å². The fourth-order valence-corrected chi connectivity index (χ4v) is 3.03. The van der Waals surface area contributed by atoms with Crippen LogP contribution < -0.4 is 0 Å². The van der Waals surface area contributed by atoms with Gasteiger partial charge in [0.1, 0.15) is 5.82 Å². The van der Waals surface area contributed by atoms with Crippen LogP contribution in [0.4, 0.5) is 4.39 Å². The number of benzene rings is 1. The van der Waals surface area contributed by atoms with Crippen molar-refractivity contribution in [3.05, 3.63) is 57.0 Å². The van der Waals surface area contributed by atoms with E-state index in [1.165, 1.54) is 22.3 Å². The zero-order valence-electron chi connectivity index (χ0n) is 13.3. The summed E-state index contributed by atoms with van der Waals surface area (Å²) >= 11 is 1.50. The second-order valence-electron chi connectivity index (χ2n) is 5.24. The van der Waals surface area contributed by atoms with Crippen molar-refractivity contribution in [1.29, 1.82) is 0 Å². The zero-order chi connectivity index (χ0) is 17.0. The summed E-state index contributed by atoms with van der Waals surface area (Å²) in [5.41, 5.74) is 0.899. The van der Waals surface area contributed by atoms with Gasteiger partial charge in [-0.2, -0.15) is 0 Å². The van der Waals surface area contributed by atoms with Crippen molar-refractivity contribution < 1.29 is 18.7 Å². The smallest absolute Gasteiger partial charge is 0.339 e. The topological polar surface area (TPSA) is 46.6 Å². The first kappa shape index (κ1) is 17.1. The maximum absolute atomic E-state index is 13.6. The molecule has 0 atom stereocenters. The van der Waals surface area contributed by atoms with Crippen LogP contribution in [-0.2, 0) is 16.1 Å². The molecule has 4 nitrogen and oxygen atoms in total. The largest absolute Gasteiger partial charge is 0.452 e. The normalized spacial score (nSPS) is 10.4. The van der Waals surface area contributed by atoms with Crippen molar-refractivity contribution in [1.82, 2.24) is 4.90 Å². The van der Waals surface area contributed by atoms with Crippen molar-refractivity contribution in [3.8, 4) is 0 Å². The summed E-state index contributed by atoms with van der Waals surface area (Å²) in [7, 11) is 1.54. The van der Waals surface area contributed by atoms with Gasteiger partial charge in [-0.1, -0.05) is 18.2 Å². The molecule has 0 aliphatic heterocycles. The lowest BCUT2D eigenvalue weighted by molar-refractivity contribution is -0.133. The number of likely N-dealkylation sites (N-methyl/N-ethyl adjacent to an activating group) is 1. The molecule has 6 heteroatoms. The van der Waals surface area contributed by atoms with E-state index in [0.717, 1.165) is 9.75 Å². The molecule has 0 aliphatic rings. The van der Waals surface area contributed by atoms with E-state index in [1.54, 1.807) is 31.3 Å². The van der Waals surface area contributed by atoms with Gasteiger partial charge in [0.15, 0.2) is 6.61 Å². The number of hydrogen-bond donors (Lipinski definition) is 0. The van der Waals surface area contributed by atoms with Crippen molar-refractivity contribution in [2.75, 3.05) is 13.7 Å². The van der Waals surface area contributed by atoms with Crippen LogP contribution >= 0.6 is 11.3 Å². The summed E-state index contributed by atoms with van der Waals surface area (Å²) in [6.07, 6.45) is 0. The van der Waals surface area contributed by atoms with Gasteiger partial charge in [-0.05, 0) is 26.0 Å². The van der Waals surface area contributed by atoms with Crippen molar-refractivity contribution in [3.63, 3.8) is 0 Å². The van der Waals surface area contributed by atoms with E-state index in [1.807, 2.05) is 13.8 Å². The van der Waals surface area contributed by atoms with E-state index in [-0.39, 0.29) is 24.9 Å². The number of carbonyl (C=O) groups is 2. The van der Waals surface area contributed by atoms with E-state index in [2.05, 4.69) is 0 Å². The molecule has 0 unspecified atom stereocenters. The molecule has 1 heterocycles. The summed E-state index contributed by atoms with van der Waals surface area (Å²) in [5, 5.41) is 0. The molecule has 1 amide bonds. The second-order valence-corrected chi connectivity index (χ2v) is 6.70. The van der Waals surface area contributed by atoms with Gasteiger partial charge >= 0.3 is 5.97 Å². The number of halogens is 1. The Kier molecular flexibility index (Phi) is 5.50. The first-order chi connectivity index (χ1) is 10.9. The van der Waals surface area contributed by atoms with Gasteiger partial charge in [-0.25, -0.2) is 9.18 Å². The predicted octanol–water partition coefficient (Wildman–Crippen LogP) is 3.32. The van der Waals surface area contributed by atoms with Crippen molar-refractivity contribution >= 4 is 23.2 Å².